The Morgan fingerprint density at radius 2 is 1.79 bits per heavy atom. The van der Waals surface area contributed by atoms with Crippen LogP contribution in [0, 0.1) is 0 Å². The van der Waals surface area contributed by atoms with Crippen LogP contribution in [0.15, 0.2) is 60.9 Å². The van der Waals surface area contributed by atoms with Crippen molar-refractivity contribution in [2.45, 2.75) is 26.3 Å². The highest BCUT2D eigenvalue weighted by atomic mass is 16.2. The average molecular weight is 375 g/mol. The molecular formula is C22H25N5O. The lowest BCUT2D eigenvalue weighted by Crippen LogP contribution is -2.30. The summed E-state index contributed by atoms with van der Waals surface area (Å²) in [5, 5.41) is 3.28. The smallest absolute Gasteiger partial charge is 0.272 e. The molecular weight excluding hydrogens is 350 g/mol. The number of aromatic nitrogens is 3. The van der Waals surface area contributed by atoms with Crippen LogP contribution >= 0.6 is 0 Å². The first-order valence-corrected chi connectivity index (χ1v) is 9.38. The fraction of sp³-hybridized carbons (Fsp3) is 0.273. The minimum Gasteiger partial charge on any atom is -0.368 e. The van der Waals surface area contributed by atoms with E-state index in [0.29, 0.717) is 23.9 Å². The summed E-state index contributed by atoms with van der Waals surface area (Å²) in [6.45, 7) is 4.67. The Labute approximate surface area is 165 Å². The van der Waals surface area contributed by atoms with E-state index < -0.39 is 0 Å². The van der Waals surface area contributed by atoms with Gasteiger partial charge in [-0.15, -0.1) is 0 Å². The normalized spacial score (nSPS) is 10.7. The monoisotopic (exact) mass is 375 g/mol. The maximum Gasteiger partial charge on any atom is 0.272 e. The van der Waals surface area contributed by atoms with Crippen LogP contribution in [-0.4, -0.2) is 45.4 Å². The zero-order chi connectivity index (χ0) is 19.9. The standard InChI is InChI=1S/C22H25N5O/c1-16(2)24-20-15-19(25-21(26-20)18-7-5-4-6-8-18)22(28)27(3)14-11-17-9-12-23-13-10-17/h4-10,12-13,15-16H,11,14H2,1-3H3,(H,24,25,26). The minimum atomic E-state index is -0.125. The van der Waals surface area contributed by atoms with Gasteiger partial charge in [-0.2, -0.15) is 0 Å². The number of nitrogens with zero attached hydrogens (tertiary/aromatic N) is 4. The summed E-state index contributed by atoms with van der Waals surface area (Å²) in [5.41, 5.74) is 2.40. The van der Waals surface area contributed by atoms with E-state index in [1.54, 1.807) is 30.4 Å². The Bertz CT molecular complexity index is 913. The van der Waals surface area contributed by atoms with Crippen LogP contribution in [-0.2, 0) is 6.42 Å². The molecule has 2 heterocycles. The van der Waals surface area contributed by atoms with Gasteiger partial charge in [-0.3, -0.25) is 9.78 Å². The fourth-order valence-corrected chi connectivity index (χ4v) is 2.79. The summed E-state index contributed by atoms with van der Waals surface area (Å²) < 4.78 is 0. The van der Waals surface area contributed by atoms with Gasteiger partial charge < -0.3 is 10.2 Å². The van der Waals surface area contributed by atoms with Crippen molar-refractivity contribution in [2.24, 2.45) is 0 Å². The van der Waals surface area contributed by atoms with E-state index in [1.807, 2.05) is 56.3 Å². The van der Waals surface area contributed by atoms with Crippen molar-refractivity contribution in [3.05, 3.63) is 72.2 Å². The van der Waals surface area contributed by atoms with Crippen molar-refractivity contribution >= 4 is 11.7 Å². The first-order valence-electron chi connectivity index (χ1n) is 9.38. The van der Waals surface area contributed by atoms with Gasteiger partial charge in [-0.1, -0.05) is 30.3 Å². The first-order chi connectivity index (χ1) is 13.5. The predicted molar refractivity (Wildman–Crippen MR) is 111 cm³/mol. The van der Waals surface area contributed by atoms with Crippen LogP contribution in [0.1, 0.15) is 29.9 Å². The second-order valence-corrected chi connectivity index (χ2v) is 6.96. The molecule has 2 aromatic heterocycles. The molecule has 0 atom stereocenters. The van der Waals surface area contributed by atoms with E-state index in [2.05, 4.69) is 20.3 Å². The largest absolute Gasteiger partial charge is 0.368 e. The molecule has 0 saturated carbocycles. The van der Waals surface area contributed by atoms with Crippen LogP contribution in [0.4, 0.5) is 5.82 Å². The van der Waals surface area contributed by atoms with Crippen LogP contribution in [0.25, 0.3) is 11.4 Å². The summed E-state index contributed by atoms with van der Waals surface area (Å²) in [5.74, 6) is 1.06. The number of hydrogen-bond donors (Lipinski definition) is 1. The second kappa shape index (κ2) is 9.08. The molecule has 0 aliphatic rings. The molecule has 28 heavy (non-hydrogen) atoms. The number of carbonyl (C=O) groups is 1. The molecule has 0 fully saturated rings. The quantitative estimate of drug-likeness (QED) is 0.682. The van der Waals surface area contributed by atoms with Crippen LogP contribution < -0.4 is 5.32 Å². The molecule has 0 aliphatic carbocycles. The molecule has 0 saturated heterocycles. The van der Waals surface area contributed by atoms with Gasteiger partial charge >= 0.3 is 0 Å². The van der Waals surface area contributed by atoms with Crippen molar-refractivity contribution in [3.63, 3.8) is 0 Å². The zero-order valence-corrected chi connectivity index (χ0v) is 16.5. The summed E-state index contributed by atoms with van der Waals surface area (Å²) >= 11 is 0. The molecule has 0 bridgehead atoms. The number of pyridine rings is 1. The Hall–Kier alpha value is -3.28. The van der Waals surface area contributed by atoms with Gasteiger partial charge in [-0.05, 0) is 38.0 Å². The van der Waals surface area contributed by atoms with Crippen molar-refractivity contribution in [1.29, 1.82) is 0 Å². The van der Waals surface area contributed by atoms with Crippen LogP contribution in [0.3, 0.4) is 0 Å². The molecule has 0 unspecified atom stereocenters. The highest BCUT2D eigenvalue weighted by Crippen LogP contribution is 2.19. The lowest BCUT2D eigenvalue weighted by molar-refractivity contribution is 0.0791. The lowest BCUT2D eigenvalue weighted by Gasteiger charge is -2.18. The molecule has 3 rings (SSSR count). The molecule has 6 heteroatoms. The van der Waals surface area contributed by atoms with Crippen molar-refractivity contribution < 1.29 is 4.79 Å². The summed E-state index contributed by atoms with van der Waals surface area (Å²) in [6.07, 6.45) is 4.29. The van der Waals surface area contributed by atoms with Crippen LogP contribution in [0.2, 0.25) is 0 Å². The molecule has 1 N–H and O–H groups in total. The number of benzene rings is 1. The van der Waals surface area contributed by atoms with Gasteiger partial charge in [0.05, 0.1) is 0 Å². The van der Waals surface area contributed by atoms with Gasteiger partial charge in [0, 0.05) is 43.7 Å². The highest BCUT2D eigenvalue weighted by Gasteiger charge is 2.17. The van der Waals surface area contributed by atoms with E-state index in [1.165, 1.54) is 0 Å². The van der Waals surface area contributed by atoms with Crippen molar-refractivity contribution in [1.82, 2.24) is 19.9 Å². The number of carbonyl (C=O) groups excluding carboxylic acids is 1. The highest BCUT2D eigenvalue weighted by molar-refractivity contribution is 5.93. The average Bonchev–Trinajstić information content (AvgIpc) is 2.72. The summed E-state index contributed by atoms with van der Waals surface area (Å²) in [7, 11) is 1.80. The van der Waals surface area contributed by atoms with Gasteiger partial charge in [-0.25, -0.2) is 9.97 Å². The SMILES string of the molecule is CC(C)Nc1cc(C(=O)N(C)CCc2ccncc2)nc(-c2ccccc2)n1. The lowest BCUT2D eigenvalue weighted by atomic mass is 10.2. The van der Waals surface area contributed by atoms with Gasteiger partial charge in [0.15, 0.2) is 5.82 Å². The van der Waals surface area contributed by atoms with Crippen molar-refractivity contribution in [3.8, 4) is 11.4 Å². The summed E-state index contributed by atoms with van der Waals surface area (Å²) in [6, 6.07) is 15.5. The number of amides is 1. The molecule has 0 spiro atoms. The van der Waals surface area contributed by atoms with E-state index in [0.717, 1.165) is 17.5 Å². The molecule has 1 aromatic carbocycles. The van der Waals surface area contributed by atoms with Crippen LogP contribution in [0.5, 0.6) is 0 Å². The van der Waals surface area contributed by atoms with Gasteiger partial charge in [0.1, 0.15) is 11.5 Å². The van der Waals surface area contributed by atoms with E-state index in [9.17, 15) is 4.79 Å². The fourth-order valence-electron chi connectivity index (χ4n) is 2.79. The second-order valence-electron chi connectivity index (χ2n) is 6.96. The predicted octanol–water partition coefficient (Wildman–Crippen LogP) is 3.67. The molecule has 3 aromatic rings. The van der Waals surface area contributed by atoms with Gasteiger partial charge in [0.25, 0.3) is 5.91 Å². The number of hydrogen-bond acceptors (Lipinski definition) is 5. The number of nitrogens with one attached hydrogen (secondary N) is 1. The Balaban J connectivity index is 1.83. The number of likely N-dealkylation sites (N-methyl/N-ethyl adjacent to an activating group) is 1. The molecule has 0 aliphatic heterocycles. The third-order valence-corrected chi connectivity index (χ3v) is 4.25. The third-order valence-electron chi connectivity index (χ3n) is 4.25. The number of anilines is 1. The maximum absolute atomic E-state index is 13.0. The van der Waals surface area contributed by atoms with E-state index in [-0.39, 0.29) is 11.9 Å². The third kappa shape index (κ3) is 5.13. The van der Waals surface area contributed by atoms with Crippen molar-refractivity contribution in [2.75, 3.05) is 18.9 Å². The topological polar surface area (TPSA) is 71.0 Å². The molecule has 1 amide bonds. The first kappa shape index (κ1) is 19.5. The zero-order valence-electron chi connectivity index (χ0n) is 16.5. The summed E-state index contributed by atoms with van der Waals surface area (Å²) in [4.78, 5) is 27.8. The van der Waals surface area contributed by atoms with E-state index >= 15 is 0 Å². The molecule has 6 nitrogen and oxygen atoms in total. The number of rotatable bonds is 7. The van der Waals surface area contributed by atoms with E-state index in [4.69, 9.17) is 0 Å². The Morgan fingerprint density at radius 1 is 1.07 bits per heavy atom. The maximum atomic E-state index is 13.0. The minimum absolute atomic E-state index is 0.125. The Morgan fingerprint density at radius 3 is 2.46 bits per heavy atom. The molecule has 144 valence electrons. The van der Waals surface area contributed by atoms with Gasteiger partial charge in [0.2, 0.25) is 0 Å². The molecule has 0 radical (unpaired) electrons. The Kier molecular flexibility index (Phi) is 6.32.